The van der Waals surface area contributed by atoms with E-state index in [9.17, 15) is 18.9 Å². The average molecular weight is 203 g/mol. The number of aromatic nitrogens is 1. The maximum absolute atomic E-state index is 12.4. The van der Waals surface area contributed by atoms with Gasteiger partial charge in [0.2, 0.25) is 0 Å². The minimum Gasteiger partial charge on any atom is -0.325 e. The fraction of sp³-hybridized carbons (Fsp3) is 0.286. The molecule has 0 aliphatic heterocycles. The Kier molecular flexibility index (Phi) is 3.03. The lowest BCUT2D eigenvalue weighted by Crippen LogP contribution is -2.07. The Hall–Kier alpha value is -1.63. The first-order chi connectivity index (χ1) is 6.57. The molecule has 0 saturated heterocycles. The fourth-order valence-corrected chi connectivity index (χ4v) is 1.06. The number of nitro groups is 1. The van der Waals surface area contributed by atoms with Crippen molar-refractivity contribution < 1.29 is 13.7 Å². The van der Waals surface area contributed by atoms with Crippen LogP contribution in [0.3, 0.4) is 0 Å². The van der Waals surface area contributed by atoms with Gasteiger partial charge in [0.1, 0.15) is 5.56 Å². The molecule has 0 bridgehead atoms. The van der Waals surface area contributed by atoms with E-state index in [1.807, 2.05) is 0 Å². The Balaban J connectivity index is 3.35. The van der Waals surface area contributed by atoms with Crippen LogP contribution in [-0.4, -0.2) is 9.91 Å². The zero-order valence-corrected chi connectivity index (χ0v) is 6.98. The smallest absolute Gasteiger partial charge is 0.281 e. The Morgan fingerprint density at radius 1 is 1.64 bits per heavy atom. The van der Waals surface area contributed by atoms with Gasteiger partial charge in [0.15, 0.2) is 0 Å². The van der Waals surface area contributed by atoms with Crippen molar-refractivity contribution >= 4 is 5.69 Å². The van der Waals surface area contributed by atoms with Gasteiger partial charge in [-0.2, -0.15) is 0 Å². The second-order valence-electron chi connectivity index (χ2n) is 2.45. The average Bonchev–Trinajstić information content (AvgIpc) is 2.16. The zero-order valence-electron chi connectivity index (χ0n) is 6.98. The summed E-state index contributed by atoms with van der Waals surface area (Å²) in [7, 11) is 0. The molecule has 0 aromatic carbocycles. The predicted molar refractivity (Wildman–Crippen MR) is 43.7 cm³/mol. The number of halogens is 2. The molecule has 0 fully saturated rings. The van der Waals surface area contributed by atoms with Crippen molar-refractivity contribution in [2.45, 2.75) is 13.0 Å². The summed E-state index contributed by atoms with van der Waals surface area (Å²) in [6.45, 7) is -0.249. The number of hydrogen-bond acceptors (Lipinski definition) is 4. The molecule has 2 N–H and O–H groups in total. The van der Waals surface area contributed by atoms with Crippen LogP contribution in [0.4, 0.5) is 14.5 Å². The van der Waals surface area contributed by atoms with E-state index < -0.39 is 22.6 Å². The van der Waals surface area contributed by atoms with E-state index in [0.29, 0.717) is 0 Å². The summed E-state index contributed by atoms with van der Waals surface area (Å²) in [5.74, 6) is 0. The summed E-state index contributed by atoms with van der Waals surface area (Å²) >= 11 is 0. The van der Waals surface area contributed by atoms with Crippen LogP contribution in [-0.2, 0) is 6.54 Å². The Bertz CT molecular complexity index is 357. The molecule has 76 valence electrons. The van der Waals surface area contributed by atoms with Gasteiger partial charge in [-0.1, -0.05) is 0 Å². The van der Waals surface area contributed by atoms with E-state index >= 15 is 0 Å². The molecule has 0 saturated carbocycles. The second kappa shape index (κ2) is 4.05. The molecule has 0 unspecified atom stereocenters. The second-order valence-corrected chi connectivity index (χ2v) is 2.45. The van der Waals surface area contributed by atoms with E-state index in [1.54, 1.807) is 0 Å². The normalized spacial score (nSPS) is 10.6. The fourth-order valence-electron chi connectivity index (χ4n) is 1.06. The van der Waals surface area contributed by atoms with E-state index in [-0.39, 0.29) is 12.2 Å². The Morgan fingerprint density at radius 2 is 2.29 bits per heavy atom. The lowest BCUT2D eigenvalue weighted by Gasteiger charge is -2.05. The van der Waals surface area contributed by atoms with Crippen LogP contribution in [0.1, 0.15) is 17.7 Å². The van der Waals surface area contributed by atoms with Crippen molar-refractivity contribution in [1.29, 1.82) is 0 Å². The number of nitrogens with two attached hydrogens (primary N) is 1. The quantitative estimate of drug-likeness (QED) is 0.594. The highest BCUT2D eigenvalue weighted by Gasteiger charge is 2.25. The van der Waals surface area contributed by atoms with Gasteiger partial charge in [-0.15, -0.1) is 0 Å². The van der Waals surface area contributed by atoms with Crippen molar-refractivity contribution in [1.82, 2.24) is 4.98 Å². The Labute approximate surface area is 77.7 Å². The summed E-state index contributed by atoms with van der Waals surface area (Å²) in [6, 6.07) is 0.931. The molecule has 0 radical (unpaired) electrons. The number of alkyl halides is 2. The first kappa shape index (κ1) is 10.5. The van der Waals surface area contributed by atoms with Crippen molar-refractivity contribution in [2.24, 2.45) is 5.73 Å². The predicted octanol–water partition coefficient (Wildman–Crippen LogP) is 1.39. The van der Waals surface area contributed by atoms with Gasteiger partial charge in [0, 0.05) is 18.8 Å². The number of nitrogens with zero attached hydrogens (tertiary/aromatic N) is 2. The monoisotopic (exact) mass is 203 g/mol. The molecule has 1 heterocycles. The van der Waals surface area contributed by atoms with Crippen LogP contribution in [0, 0.1) is 10.1 Å². The molecule has 14 heavy (non-hydrogen) atoms. The molecule has 1 aromatic heterocycles. The van der Waals surface area contributed by atoms with Crippen LogP contribution in [0.5, 0.6) is 0 Å². The van der Waals surface area contributed by atoms with Crippen LogP contribution in [0.25, 0.3) is 0 Å². The standard InChI is InChI=1S/C7H7F2N3O2/c8-7(9)6-4(3-10)11-2-1-5(6)12(13)14/h1-2,7H,3,10H2. The summed E-state index contributed by atoms with van der Waals surface area (Å²) in [5, 5.41) is 10.4. The topological polar surface area (TPSA) is 82.0 Å². The van der Waals surface area contributed by atoms with Crippen LogP contribution in [0.2, 0.25) is 0 Å². The van der Waals surface area contributed by atoms with Gasteiger partial charge in [-0.25, -0.2) is 8.78 Å². The highest BCUT2D eigenvalue weighted by atomic mass is 19.3. The SMILES string of the molecule is NCc1nccc([N+](=O)[O-])c1C(F)F. The molecule has 1 aromatic rings. The number of rotatable bonds is 3. The molecule has 0 aliphatic carbocycles. The molecule has 0 amide bonds. The molecule has 0 spiro atoms. The molecule has 0 atom stereocenters. The van der Waals surface area contributed by atoms with Crippen molar-refractivity contribution in [2.75, 3.05) is 0 Å². The maximum atomic E-state index is 12.4. The number of pyridine rings is 1. The minimum absolute atomic E-state index is 0.144. The van der Waals surface area contributed by atoms with Gasteiger partial charge in [-0.3, -0.25) is 15.1 Å². The Morgan fingerprint density at radius 3 is 2.71 bits per heavy atom. The van der Waals surface area contributed by atoms with Crippen molar-refractivity contribution in [3.8, 4) is 0 Å². The van der Waals surface area contributed by atoms with Crippen LogP contribution in [0.15, 0.2) is 12.3 Å². The van der Waals surface area contributed by atoms with Gasteiger partial charge < -0.3 is 5.73 Å². The minimum atomic E-state index is -2.94. The highest BCUT2D eigenvalue weighted by Crippen LogP contribution is 2.30. The van der Waals surface area contributed by atoms with Crippen molar-refractivity contribution in [3.05, 3.63) is 33.6 Å². The van der Waals surface area contributed by atoms with Gasteiger partial charge in [0.05, 0.1) is 10.6 Å². The van der Waals surface area contributed by atoms with Crippen LogP contribution >= 0.6 is 0 Å². The zero-order chi connectivity index (χ0) is 10.7. The van der Waals surface area contributed by atoms with E-state index in [4.69, 9.17) is 5.73 Å². The number of hydrogen-bond donors (Lipinski definition) is 1. The molecule has 5 nitrogen and oxygen atoms in total. The van der Waals surface area contributed by atoms with Gasteiger partial charge >= 0.3 is 0 Å². The first-order valence-electron chi connectivity index (χ1n) is 3.68. The largest absolute Gasteiger partial charge is 0.325 e. The highest BCUT2D eigenvalue weighted by molar-refractivity contribution is 5.42. The van der Waals surface area contributed by atoms with Gasteiger partial charge in [-0.05, 0) is 0 Å². The third kappa shape index (κ3) is 1.82. The van der Waals surface area contributed by atoms with Crippen LogP contribution < -0.4 is 5.73 Å². The third-order valence-corrected chi connectivity index (χ3v) is 1.66. The lowest BCUT2D eigenvalue weighted by molar-refractivity contribution is -0.386. The lowest BCUT2D eigenvalue weighted by atomic mass is 10.1. The van der Waals surface area contributed by atoms with E-state index in [0.717, 1.165) is 12.3 Å². The molecular weight excluding hydrogens is 196 g/mol. The van der Waals surface area contributed by atoms with E-state index in [2.05, 4.69) is 4.98 Å². The summed E-state index contributed by atoms with van der Waals surface area (Å²) in [5.41, 5.74) is 3.66. The third-order valence-electron chi connectivity index (χ3n) is 1.66. The van der Waals surface area contributed by atoms with E-state index in [1.165, 1.54) is 0 Å². The van der Waals surface area contributed by atoms with Gasteiger partial charge in [0.25, 0.3) is 12.1 Å². The maximum Gasteiger partial charge on any atom is 0.281 e. The summed E-state index contributed by atoms with van der Waals surface area (Å²) < 4.78 is 24.9. The molecular formula is C7H7F2N3O2. The first-order valence-corrected chi connectivity index (χ1v) is 3.68. The summed E-state index contributed by atoms with van der Waals surface area (Å²) in [4.78, 5) is 13.1. The van der Waals surface area contributed by atoms with Crippen molar-refractivity contribution in [3.63, 3.8) is 0 Å². The molecule has 7 heteroatoms. The molecule has 0 aliphatic rings. The molecule has 1 rings (SSSR count). The summed E-state index contributed by atoms with van der Waals surface area (Å²) in [6.07, 6.45) is -1.85.